The summed E-state index contributed by atoms with van der Waals surface area (Å²) in [5.74, 6) is 0.751. The van der Waals surface area contributed by atoms with Crippen molar-refractivity contribution < 1.29 is 19.1 Å². The highest BCUT2D eigenvalue weighted by Gasteiger charge is 2.74. The molecule has 182 valence electrons. The van der Waals surface area contributed by atoms with Gasteiger partial charge in [-0.25, -0.2) is 0 Å². The molecule has 0 spiro atoms. The Labute approximate surface area is 208 Å². The zero-order valence-corrected chi connectivity index (χ0v) is 22.9. The van der Waals surface area contributed by atoms with E-state index in [1.54, 1.807) is 0 Å². The van der Waals surface area contributed by atoms with Gasteiger partial charge >= 0.3 is 5.97 Å². The van der Waals surface area contributed by atoms with Crippen molar-refractivity contribution in [2.45, 2.75) is 111 Å². The van der Waals surface area contributed by atoms with E-state index in [0.717, 1.165) is 25.7 Å². The molecule has 2 aliphatic carbocycles. The molecule has 0 aromatic carbocycles. The molecule has 0 unspecified atom stereocenters. The topological polar surface area (TPSA) is 48.0 Å². The summed E-state index contributed by atoms with van der Waals surface area (Å²) in [4.78, 5) is 19.5. The Morgan fingerprint density at radius 1 is 1.31 bits per heavy atom. The van der Waals surface area contributed by atoms with E-state index in [2.05, 4.69) is 66.4 Å². The van der Waals surface area contributed by atoms with Gasteiger partial charge in [-0.05, 0) is 60.9 Å². The van der Waals surface area contributed by atoms with E-state index < -0.39 is 0 Å². The number of hydrogen-bond donors (Lipinski definition) is 0. The number of unbranched alkanes of at least 4 members (excludes halogenated alkanes) is 1. The first kappa shape index (κ1) is 24.9. The molecule has 2 aliphatic heterocycles. The number of halogens is 1. The minimum absolute atomic E-state index is 0.138. The Balaban J connectivity index is 1.41. The summed E-state index contributed by atoms with van der Waals surface area (Å²) in [6.07, 6.45) is 7.63. The van der Waals surface area contributed by atoms with Crippen molar-refractivity contribution in [2.75, 3.05) is 6.61 Å². The highest BCUT2D eigenvalue weighted by molar-refractivity contribution is 14.1. The fourth-order valence-electron chi connectivity index (χ4n) is 7.23. The van der Waals surface area contributed by atoms with Gasteiger partial charge in [-0.2, -0.15) is 5.06 Å². The van der Waals surface area contributed by atoms with E-state index in [1.165, 1.54) is 24.8 Å². The number of esters is 1. The molecule has 0 aromatic rings. The lowest BCUT2D eigenvalue weighted by Crippen LogP contribution is -2.42. The van der Waals surface area contributed by atoms with Crippen LogP contribution in [0, 0.1) is 28.6 Å². The maximum Gasteiger partial charge on any atom is 0.315 e. The predicted octanol–water partition coefficient (Wildman–Crippen LogP) is 6.26. The molecule has 2 saturated carbocycles. The largest absolute Gasteiger partial charge is 0.466 e. The Bertz CT molecular complexity index is 739. The number of hydroxylamine groups is 2. The third-order valence-electron chi connectivity index (χ3n) is 9.37. The smallest absolute Gasteiger partial charge is 0.315 e. The molecule has 4 aliphatic rings. The molecule has 4 rings (SSSR count). The van der Waals surface area contributed by atoms with Crippen molar-refractivity contribution in [3.63, 3.8) is 0 Å². The summed E-state index contributed by atoms with van der Waals surface area (Å²) < 4.78 is 14.4. The molecular weight excluding hydrogens is 517 g/mol. The van der Waals surface area contributed by atoms with Crippen LogP contribution in [-0.4, -0.2) is 42.1 Å². The summed E-state index contributed by atoms with van der Waals surface area (Å²) >= 11 is 2.33. The molecular formula is C26H42INO4. The standard InChI is InChI=1S/C26H42INO4/c1-7-30-24(29)20-19(11-9-8-10-16(2)14-17(3)15-27)32-28-21-18-12-13-26(6,25(18,4)5)22(21)31-23(20)28/h15-16,18-23H,7-14H2,1-6H3/b17-15+/t16-,18+,19-,20-,21+,22+,23-,26-/m1/s1. The Morgan fingerprint density at radius 2 is 2.06 bits per heavy atom. The van der Waals surface area contributed by atoms with Gasteiger partial charge in [-0.3, -0.25) is 9.63 Å². The van der Waals surface area contributed by atoms with Gasteiger partial charge in [0, 0.05) is 5.41 Å². The van der Waals surface area contributed by atoms with Crippen LogP contribution in [0.5, 0.6) is 0 Å². The molecule has 2 bridgehead atoms. The summed E-state index contributed by atoms with van der Waals surface area (Å²) in [7, 11) is 0. The Morgan fingerprint density at radius 3 is 2.75 bits per heavy atom. The number of ether oxygens (including phenoxy) is 2. The van der Waals surface area contributed by atoms with Gasteiger partial charge in [0.25, 0.3) is 0 Å². The normalized spacial score (nSPS) is 41.0. The van der Waals surface area contributed by atoms with Gasteiger partial charge in [-0.1, -0.05) is 75.1 Å². The second-order valence-electron chi connectivity index (χ2n) is 11.6. The first-order chi connectivity index (χ1) is 15.2. The van der Waals surface area contributed by atoms with Gasteiger partial charge < -0.3 is 9.47 Å². The number of carbonyl (C=O) groups is 1. The third-order valence-corrected chi connectivity index (χ3v) is 10.4. The van der Waals surface area contributed by atoms with Crippen molar-refractivity contribution in [1.29, 1.82) is 0 Å². The minimum Gasteiger partial charge on any atom is -0.466 e. The summed E-state index contributed by atoms with van der Waals surface area (Å²) in [6, 6.07) is 0.263. The van der Waals surface area contributed by atoms with E-state index >= 15 is 0 Å². The molecule has 0 radical (unpaired) electrons. The van der Waals surface area contributed by atoms with Crippen molar-refractivity contribution >= 4 is 28.6 Å². The lowest BCUT2D eigenvalue weighted by atomic mass is 9.70. The zero-order valence-electron chi connectivity index (χ0n) is 20.7. The molecule has 0 aromatic heterocycles. The SMILES string of the molecule is CCOC(=O)[C@H]1[C@H]2O[C@H]3[C@H]([C@@H]4CC[C@@]3(C)C4(C)C)N2O[C@@H]1CCCC[C@@H](C)C/C(C)=C/I. The van der Waals surface area contributed by atoms with Crippen LogP contribution in [0.25, 0.3) is 0 Å². The molecule has 6 heteroatoms. The lowest BCUT2D eigenvalue weighted by Gasteiger charge is -2.38. The van der Waals surface area contributed by atoms with Crippen molar-refractivity contribution in [3.05, 3.63) is 9.66 Å². The maximum atomic E-state index is 13.0. The first-order valence-corrected chi connectivity index (χ1v) is 13.9. The molecule has 0 amide bonds. The van der Waals surface area contributed by atoms with Crippen LogP contribution in [0.2, 0.25) is 0 Å². The average Bonchev–Trinajstić information content (AvgIpc) is 3.38. The van der Waals surface area contributed by atoms with Crippen LogP contribution in [0.1, 0.15) is 86.5 Å². The number of carbonyl (C=O) groups excluding carboxylic acids is 1. The van der Waals surface area contributed by atoms with Crippen LogP contribution in [0.4, 0.5) is 0 Å². The van der Waals surface area contributed by atoms with E-state index in [-0.39, 0.29) is 47.2 Å². The third kappa shape index (κ3) is 3.99. The first-order valence-electron chi connectivity index (χ1n) is 12.7. The maximum absolute atomic E-state index is 13.0. The monoisotopic (exact) mass is 559 g/mol. The zero-order chi connectivity index (χ0) is 23.3. The van der Waals surface area contributed by atoms with Gasteiger partial charge in [0.05, 0.1) is 24.9 Å². The number of allylic oxidation sites excluding steroid dienone is 1. The van der Waals surface area contributed by atoms with Gasteiger partial charge in [0.15, 0.2) is 0 Å². The summed E-state index contributed by atoms with van der Waals surface area (Å²) in [5, 5.41) is 2.10. The molecule has 4 fully saturated rings. The van der Waals surface area contributed by atoms with E-state index in [9.17, 15) is 4.79 Å². The summed E-state index contributed by atoms with van der Waals surface area (Å²) in [5.41, 5.74) is 1.83. The Kier molecular flexibility index (Phi) is 7.37. The van der Waals surface area contributed by atoms with E-state index in [1.807, 2.05) is 6.92 Å². The fourth-order valence-corrected chi connectivity index (χ4v) is 7.48. The van der Waals surface area contributed by atoms with Gasteiger partial charge in [0.2, 0.25) is 0 Å². The van der Waals surface area contributed by atoms with Crippen molar-refractivity contribution in [3.8, 4) is 0 Å². The van der Waals surface area contributed by atoms with Crippen LogP contribution < -0.4 is 0 Å². The van der Waals surface area contributed by atoms with Crippen LogP contribution >= 0.6 is 22.6 Å². The molecule has 0 N–H and O–H groups in total. The van der Waals surface area contributed by atoms with Crippen LogP contribution in [0.3, 0.4) is 0 Å². The fraction of sp³-hybridized carbons (Fsp3) is 0.885. The highest BCUT2D eigenvalue weighted by atomic mass is 127. The van der Waals surface area contributed by atoms with Crippen molar-refractivity contribution in [2.24, 2.45) is 28.6 Å². The predicted molar refractivity (Wildman–Crippen MR) is 134 cm³/mol. The second-order valence-corrected chi connectivity index (χ2v) is 12.2. The van der Waals surface area contributed by atoms with Gasteiger partial charge in [-0.15, -0.1) is 0 Å². The van der Waals surface area contributed by atoms with Gasteiger partial charge in [0.1, 0.15) is 12.1 Å². The van der Waals surface area contributed by atoms with Crippen LogP contribution in [-0.2, 0) is 19.1 Å². The number of rotatable bonds is 9. The second kappa shape index (κ2) is 9.46. The Hall–Kier alpha value is -0.180. The van der Waals surface area contributed by atoms with E-state index in [4.69, 9.17) is 14.3 Å². The molecule has 8 atom stereocenters. The molecule has 2 heterocycles. The highest BCUT2D eigenvalue weighted by Crippen LogP contribution is 2.70. The van der Waals surface area contributed by atoms with Crippen LogP contribution in [0.15, 0.2) is 9.66 Å². The average molecular weight is 560 g/mol. The number of hydrogen-bond acceptors (Lipinski definition) is 5. The minimum atomic E-state index is -0.340. The molecule has 5 nitrogen and oxygen atoms in total. The lowest BCUT2D eigenvalue weighted by molar-refractivity contribution is -0.197. The quantitative estimate of drug-likeness (QED) is 0.190. The molecule has 32 heavy (non-hydrogen) atoms. The van der Waals surface area contributed by atoms with Crippen molar-refractivity contribution in [1.82, 2.24) is 5.06 Å². The summed E-state index contributed by atoms with van der Waals surface area (Å²) in [6.45, 7) is 14.0. The number of fused-ring (bicyclic) bond motifs is 7. The van der Waals surface area contributed by atoms with E-state index in [0.29, 0.717) is 18.4 Å². The number of nitrogens with zero attached hydrogens (tertiary/aromatic N) is 1. The molecule has 2 saturated heterocycles.